The Morgan fingerprint density at radius 3 is 2.29 bits per heavy atom. The standard InChI is InChI=1S/C24H23ClN2O3S/c25-21-10-12-22(13-11-21)31(29,30)27-17-20-9-5-4-8-19(20)16-23(27)24(28)26-15-14-18-6-2-1-3-7-18/h1-13,23H,14-17H2,(H,26,28). The molecule has 0 saturated heterocycles. The highest BCUT2D eigenvalue weighted by molar-refractivity contribution is 7.89. The van der Waals surface area contributed by atoms with Crippen LogP contribution in [0.1, 0.15) is 16.7 Å². The zero-order chi connectivity index (χ0) is 21.8. The van der Waals surface area contributed by atoms with Crippen LogP contribution in [0.4, 0.5) is 0 Å². The van der Waals surface area contributed by atoms with Crippen LogP contribution >= 0.6 is 11.6 Å². The van der Waals surface area contributed by atoms with Gasteiger partial charge in [-0.3, -0.25) is 4.79 Å². The second-order valence-corrected chi connectivity index (χ2v) is 9.85. The van der Waals surface area contributed by atoms with Gasteiger partial charge in [-0.25, -0.2) is 8.42 Å². The summed E-state index contributed by atoms with van der Waals surface area (Å²) in [6, 6.07) is 22.7. The molecule has 0 bridgehead atoms. The fraction of sp³-hybridized carbons (Fsp3) is 0.208. The number of nitrogens with one attached hydrogen (secondary N) is 1. The molecular weight excluding hydrogens is 432 g/mol. The summed E-state index contributed by atoms with van der Waals surface area (Å²) in [7, 11) is -3.88. The van der Waals surface area contributed by atoms with E-state index in [1.165, 1.54) is 16.4 Å². The van der Waals surface area contributed by atoms with E-state index in [-0.39, 0.29) is 17.3 Å². The Morgan fingerprint density at radius 1 is 0.935 bits per heavy atom. The van der Waals surface area contributed by atoms with Crippen molar-refractivity contribution in [2.75, 3.05) is 6.54 Å². The van der Waals surface area contributed by atoms with E-state index in [1.807, 2.05) is 54.6 Å². The van der Waals surface area contributed by atoms with Crippen LogP contribution in [0.15, 0.2) is 83.8 Å². The molecular formula is C24H23ClN2O3S. The third-order valence-electron chi connectivity index (χ3n) is 5.48. The minimum atomic E-state index is -3.88. The van der Waals surface area contributed by atoms with Gasteiger partial charge in [-0.15, -0.1) is 0 Å². The zero-order valence-corrected chi connectivity index (χ0v) is 18.4. The van der Waals surface area contributed by atoms with Gasteiger partial charge in [0.15, 0.2) is 0 Å². The van der Waals surface area contributed by atoms with Gasteiger partial charge in [0, 0.05) is 18.1 Å². The average Bonchev–Trinajstić information content (AvgIpc) is 2.79. The summed E-state index contributed by atoms with van der Waals surface area (Å²) >= 11 is 5.93. The zero-order valence-electron chi connectivity index (χ0n) is 16.9. The van der Waals surface area contributed by atoms with Crippen LogP contribution < -0.4 is 5.32 Å². The van der Waals surface area contributed by atoms with E-state index in [0.717, 1.165) is 16.7 Å². The molecule has 160 valence electrons. The predicted molar refractivity (Wildman–Crippen MR) is 121 cm³/mol. The molecule has 1 heterocycles. The summed E-state index contributed by atoms with van der Waals surface area (Å²) in [6.07, 6.45) is 1.01. The lowest BCUT2D eigenvalue weighted by molar-refractivity contribution is -0.125. The van der Waals surface area contributed by atoms with Crippen molar-refractivity contribution in [2.24, 2.45) is 0 Å². The van der Waals surface area contributed by atoms with Crippen molar-refractivity contribution in [3.05, 3.63) is 101 Å². The van der Waals surface area contributed by atoms with Crippen molar-refractivity contribution in [3.63, 3.8) is 0 Å². The van der Waals surface area contributed by atoms with Crippen molar-refractivity contribution in [1.82, 2.24) is 9.62 Å². The summed E-state index contributed by atoms with van der Waals surface area (Å²) in [5.41, 5.74) is 3.02. The van der Waals surface area contributed by atoms with Crippen LogP contribution in [-0.4, -0.2) is 31.2 Å². The van der Waals surface area contributed by atoms with E-state index in [1.54, 1.807) is 12.1 Å². The summed E-state index contributed by atoms with van der Waals surface area (Å²) in [6.45, 7) is 0.591. The van der Waals surface area contributed by atoms with Gasteiger partial charge >= 0.3 is 0 Å². The predicted octanol–water partition coefficient (Wildman–Crippen LogP) is 3.81. The minimum Gasteiger partial charge on any atom is -0.354 e. The molecule has 1 N–H and O–H groups in total. The summed E-state index contributed by atoms with van der Waals surface area (Å²) in [4.78, 5) is 13.2. The normalized spacial score (nSPS) is 16.5. The molecule has 1 aliphatic heterocycles. The monoisotopic (exact) mass is 454 g/mol. The van der Waals surface area contributed by atoms with Crippen LogP contribution in [0.2, 0.25) is 5.02 Å². The van der Waals surface area contributed by atoms with Gasteiger partial charge in [-0.1, -0.05) is 66.2 Å². The first-order valence-electron chi connectivity index (χ1n) is 10.1. The molecule has 7 heteroatoms. The van der Waals surface area contributed by atoms with Crippen molar-refractivity contribution in [2.45, 2.75) is 30.3 Å². The van der Waals surface area contributed by atoms with Crippen LogP contribution in [0.25, 0.3) is 0 Å². The van der Waals surface area contributed by atoms with E-state index in [4.69, 9.17) is 11.6 Å². The first-order valence-corrected chi connectivity index (χ1v) is 11.9. The number of sulfonamides is 1. The quantitative estimate of drug-likeness (QED) is 0.615. The first-order chi connectivity index (χ1) is 14.9. The molecule has 0 saturated carbocycles. The fourth-order valence-corrected chi connectivity index (χ4v) is 5.50. The van der Waals surface area contributed by atoms with Gasteiger partial charge < -0.3 is 5.32 Å². The van der Waals surface area contributed by atoms with Gasteiger partial charge in [0.05, 0.1) is 4.90 Å². The second-order valence-electron chi connectivity index (χ2n) is 7.52. The lowest BCUT2D eigenvalue weighted by atomic mass is 9.95. The van der Waals surface area contributed by atoms with Crippen molar-refractivity contribution < 1.29 is 13.2 Å². The Hall–Kier alpha value is -2.67. The summed E-state index contributed by atoms with van der Waals surface area (Å²) < 4.78 is 28.1. The number of carbonyl (C=O) groups is 1. The van der Waals surface area contributed by atoms with Crippen LogP contribution in [0, 0.1) is 0 Å². The molecule has 1 aliphatic rings. The van der Waals surface area contributed by atoms with E-state index < -0.39 is 16.1 Å². The molecule has 1 atom stereocenters. The number of rotatable bonds is 6. The molecule has 1 unspecified atom stereocenters. The number of amides is 1. The van der Waals surface area contributed by atoms with E-state index in [0.29, 0.717) is 24.4 Å². The highest BCUT2D eigenvalue weighted by Gasteiger charge is 2.39. The molecule has 3 aromatic carbocycles. The Kier molecular flexibility index (Phi) is 6.41. The van der Waals surface area contributed by atoms with E-state index in [2.05, 4.69) is 5.32 Å². The second kappa shape index (κ2) is 9.22. The Morgan fingerprint density at radius 2 is 1.58 bits per heavy atom. The molecule has 0 spiro atoms. The number of hydrogen-bond donors (Lipinski definition) is 1. The fourth-order valence-electron chi connectivity index (χ4n) is 3.81. The lowest BCUT2D eigenvalue weighted by Crippen LogP contribution is -2.52. The lowest BCUT2D eigenvalue weighted by Gasteiger charge is -2.35. The van der Waals surface area contributed by atoms with Crippen LogP contribution in [0.5, 0.6) is 0 Å². The number of benzene rings is 3. The Labute approximate surface area is 187 Å². The average molecular weight is 455 g/mol. The Bertz CT molecular complexity index is 1160. The number of halogens is 1. The van der Waals surface area contributed by atoms with Gasteiger partial charge in [-0.05, 0) is 53.8 Å². The van der Waals surface area contributed by atoms with E-state index >= 15 is 0 Å². The van der Waals surface area contributed by atoms with Gasteiger partial charge in [0.2, 0.25) is 15.9 Å². The highest BCUT2D eigenvalue weighted by atomic mass is 35.5. The number of fused-ring (bicyclic) bond motifs is 1. The van der Waals surface area contributed by atoms with Gasteiger partial charge in [0.25, 0.3) is 0 Å². The number of hydrogen-bond acceptors (Lipinski definition) is 3. The molecule has 1 amide bonds. The summed E-state index contributed by atoms with van der Waals surface area (Å²) in [5.74, 6) is -0.289. The first kappa shape index (κ1) is 21.6. The molecule has 4 rings (SSSR count). The highest BCUT2D eigenvalue weighted by Crippen LogP contribution is 2.29. The molecule has 0 fully saturated rings. The number of carbonyl (C=O) groups excluding carboxylic acids is 1. The summed E-state index contributed by atoms with van der Waals surface area (Å²) in [5, 5.41) is 3.38. The van der Waals surface area contributed by atoms with Crippen LogP contribution in [-0.2, 0) is 34.2 Å². The third kappa shape index (κ3) is 4.82. The van der Waals surface area contributed by atoms with Crippen molar-refractivity contribution in [3.8, 4) is 0 Å². The van der Waals surface area contributed by atoms with E-state index in [9.17, 15) is 13.2 Å². The molecule has 0 radical (unpaired) electrons. The van der Waals surface area contributed by atoms with Gasteiger partial charge in [-0.2, -0.15) is 4.31 Å². The van der Waals surface area contributed by atoms with Crippen LogP contribution in [0.3, 0.4) is 0 Å². The SMILES string of the molecule is O=C(NCCc1ccccc1)C1Cc2ccccc2CN1S(=O)(=O)c1ccc(Cl)cc1. The molecule has 0 aliphatic carbocycles. The largest absolute Gasteiger partial charge is 0.354 e. The molecule has 5 nitrogen and oxygen atoms in total. The smallest absolute Gasteiger partial charge is 0.244 e. The topological polar surface area (TPSA) is 66.5 Å². The maximum atomic E-state index is 13.4. The Balaban J connectivity index is 1.58. The molecule has 3 aromatic rings. The molecule has 0 aromatic heterocycles. The number of nitrogens with zero attached hydrogens (tertiary/aromatic N) is 1. The van der Waals surface area contributed by atoms with Gasteiger partial charge in [0.1, 0.15) is 6.04 Å². The van der Waals surface area contributed by atoms with Crippen molar-refractivity contribution >= 4 is 27.5 Å². The minimum absolute atomic E-state index is 0.123. The van der Waals surface area contributed by atoms with Crippen molar-refractivity contribution in [1.29, 1.82) is 0 Å². The maximum Gasteiger partial charge on any atom is 0.244 e. The maximum absolute atomic E-state index is 13.4. The third-order valence-corrected chi connectivity index (χ3v) is 7.60. The molecule has 31 heavy (non-hydrogen) atoms.